The lowest BCUT2D eigenvalue weighted by Gasteiger charge is -2.17. The summed E-state index contributed by atoms with van der Waals surface area (Å²) in [6.45, 7) is 4.97. The van der Waals surface area contributed by atoms with Crippen LogP contribution in [0.1, 0.15) is 25.5 Å². The summed E-state index contributed by atoms with van der Waals surface area (Å²) in [6.07, 6.45) is 3.88. The molecule has 0 amide bonds. The fraction of sp³-hybridized carbons (Fsp3) is 0.400. The largest absolute Gasteiger partial charge is 0.493 e. The highest BCUT2D eigenvalue weighted by Gasteiger charge is 2.13. The lowest BCUT2D eigenvalue weighted by molar-refractivity contribution is 0.355. The number of aromatic nitrogens is 2. The Bertz CT molecular complexity index is 613. The first-order valence-electron chi connectivity index (χ1n) is 6.79. The first-order chi connectivity index (χ1) is 10.1. The molecule has 0 radical (unpaired) electrons. The van der Waals surface area contributed by atoms with Gasteiger partial charge in [0.05, 0.1) is 37.2 Å². The van der Waals surface area contributed by atoms with Gasteiger partial charge in [0.15, 0.2) is 11.5 Å². The van der Waals surface area contributed by atoms with Crippen molar-refractivity contribution in [2.24, 2.45) is 0 Å². The number of hydrogen-bond donors (Lipinski definition) is 1. The summed E-state index contributed by atoms with van der Waals surface area (Å²) >= 11 is 6.28. The molecule has 0 saturated carbocycles. The molecule has 0 fully saturated rings. The van der Waals surface area contributed by atoms with Crippen molar-refractivity contribution in [3.05, 3.63) is 35.1 Å². The summed E-state index contributed by atoms with van der Waals surface area (Å²) in [5, 5.41) is 8.23. The Morgan fingerprint density at radius 3 is 2.52 bits per heavy atom. The molecule has 0 aliphatic heterocycles. The Hall–Kier alpha value is -1.88. The number of nitrogens with zero attached hydrogens (tertiary/aromatic N) is 2. The van der Waals surface area contributed by atoms with Crippen molar-refractivity contribution in [3.8, 4) is 11.5 Å². The molecule has 114 valence electrons. The van der Waals surface area contributed by atoms with Crippen LogP contribution in [-0.4, -0.2) is 24.0 Å². The molecule has 2 aromatic rings. The van der Waals surface area contributed by atoms with Crippen LogP contribution in [0.3, 0.4) is 0 Å². The summed E-state index contributed by atoms with van der Waals surface area (Å²) in [5.41, 5.74) is 1.90. The van der Waals surface area contributed by atoms with E-state index in [2.05, 4.69) is 24.3 Å². The number of anilines is 1. The minimum atomic E-state index is 0.0842. The van der Waals surface area contributed by atoms with E-state index in [4.69, 9.17) is 21.1 Å². The first kappa shape index (κ1) is 15.5. The minimum Gasteiger partial charge on any atom is -0.493 e. The van der Waals surface area contributed by atoms with E-state index in [1.165, 1.54) is 0 Å². The van der Waals surface area contributed by atoms with E-state index < -0.39 is 0 Å². The highest BCUT2D eigenvalue weighted by molar-refractivity contribution is 6.33. The topological polar surface area (TPSA) is 48.3 Å². The van der Waals surface area contributed by atoms with E-state index in [9.17, 15) is 0 Å². The number of nitrogens with one attached hydrogen (secondary N) is 1. The number of benzene rings is 1. The number of methoxy groups -OCH3 is 2. The molecule has 5 nitrogen and oxygen atoms in total. The van der Waals surface area contributed by atoms with Crippen molar-refractivity contribution >= 4 is 17.3 Å². The molecule has 1 atom stereocenters. The van der Waals surface area contributed by atoms with Gasteiger partial charge in [-0.25, -0.2) is 0 Å². The van der Waals surface area contributed by atoms with Crippen LogP contribution in [0.25, 0.3) is 0 Å². The van der Waals surface area contributed by atoms with Crippen LogP contribution in [0.5, 0.6) is 11.5 Å². The maximum Gasteiger partial charge on any atom is 0.162 e. The van der Waals surface area contributed by atoms with E-state index >= 15 is 0 Å². The Labute approximate surface area is 129 Å². The molecule has 0 aliphatic carbocycles. The maximum absolute atomic E-state index is 6.28. The van der Waals surface area contributed by atoms with Crippen molar-refractivity contribution in [3.63, 3.8) is 0 Å². The SMILES string of the molecule is CCn1cc(C(C)Nc2cc(OC)c(OC)cc2Cl)cn1. The third kappa shape index (κ3) is 3.42. The molecule has 1 aromatic carbocycles. The fourth-order valence-corrected chi connectivity index (χ4v) is 2.27. The zero-order valence-electron chi connectivity index (χ0n) is 12.7. The average Bonchev–Trinajstić information content (AvgIpc) is 2.97. The zero-order valence-corrected chi connectivity index (χ0v) is 13.4. The van der Waals surface area contributed by atoms with E-state index in [0.717, 1.165) is 17.8 Å². The molecular weight excluding hydrogens is 290 g/mol. The highest BCUT2D eigenvalue weighted by atomic mass is 35.5. The fourth-order valence-electron chi connectivity index (χ4n) is 2.06. The average molecular weight is 310 g/mol. The number of halogens is 1. The van der Waals surface area contributed by atoms with E-state index in [1.54, 1.807) is 20.3 Å². The predicted molar refractivity (Wildman–Crippen MR) is 84.5 cm³/mol. The normalized spacial score (nSPS) is 12.0. The van der Waals surface area contributed by atoms with Crippen LogP contribution >= 0.6 is 11.6 Å². The summed E-state index contributed by atoms with van der Waals surface area (Å²) in [5.74, 6) is 1.25. The van der Waals surface area contributed by atoms with Gasteiger partial charge < -0.3 is 14.8 Å². The summed E-state index contributed by atoms with van der Waals surface area (Å²) in [4.78, 5) is 0. The molecule has 6 heteroatoms. The Balaban J connectivity index is 2.22. The lowest BCUT2D eigenvalue weighted by Crippen LogP contribution is -2.07. The monoisotopic (exact) mass is 309 g/mol. The van der Waals surface area contributed by atoms with E-state index in [0.29, 0.717) is 16.5 Å². The van der Waals surface area contributed by atoms with Crippen molar-refractivity contribution in [2.45, 2.75) is 26.4 Å². The van der Waals surface area contributed by atoms with Gasteiger partial charge in [-0.05, 0) is 13.8 Å². The van der Waals surface area contributed by atoms with Gasteiger partial charge >= 0.3 is 0 Å². The molecule has 1 aromatic heterocycles. The van der Waals surface area contributed by atoms with Crippen molar-refractivity contribution < 1.29 is 9.47 Å². The molecule has 21 heavy (non-hydrogen) atoms. The number of ether oxygens (including phenoxy) is 2. The van der Waals surface area contributed by atoms with Gasteiger partial charge in [0.25, 0.3) is 0 Å². The van der Waals surface area contributed by atoms with Gasteiger partial charge in [-0.2, -0.15) is 5.10 Å². The first-order valence-corrected chi connectivity index (χ1v) is 7.17. The van der Waals surface area contributed by atoms with Gasteiger partial charge in [-0.15, -0.1) is 0 Å². The van der Waals surface area contributed by atoms with E-state index in [1.807, 2.05) is 23.1 Å². The molecule has 2 rings (SSSR count). The van der Waals surface area contributed by atoms with Crippen LogP contribution in [0, 0.1) is 0 Å². The van der Waals surface area contributed by atoms with Crippen LogP contribution in [0.15, 0.2) is 24.5 Å². The molecule has 1 N–H and O–H groups in total. The van der Waals surface area contributed by atoms with Crippen LogP contribution < -0.4 is 14.8 Å². The second-order valence-electron chi connectivity index (χ2n) is 4.68. The third-order valence-corrected chi connectivity index (χ3v) is 3.64. The Morgan fingerprint density at radius 2 is 1.95 bits per heavy atom. The zero-order chi connectivity index (χ0) is 15.4. The van der Waals surface area contributed by atoms with Crippen molar-refractivity contribution in [1.82, 2.24) is 9.78 Å². The van der Waals surface area contributed by atoms with Crippen LogP contribution in [0.4, 0.5) is 5.69 Å². The number of rotatable bonds is 6. The second kappa shape index (κ2) is 6.72. The van der Waals surface area contributed by atoms with Gasteiger partial charge in [0, 0.05) is 30.4 Å². The van der Waals surface area contributed by atoms with E-state index in [-0.39, 0.29) is 6.04 Å². The molecule has 0 saturated heterocycles. The molecular formula is C15H20ClN3O2. The predicted octanol–water partition coefficient (Wildman–Crippen LogP) is 3.75. The van der Waals surface area contributed by atoms with Crippen LogP contribution in [-0.2, 0) is 6.54 Å². The lowest BCUT2D eigenvalue weighted by atomic mass is 10.1. The quantitative estimate of drug-likeness (QED) is 0.883. The Kier molecular flexibility index (Phi) is 4.96. The molecule has 0 spiro atoms. The molecule has 1 heterocycles. The molecule has 0 aliphatic rings. The van der Waals surface area contributed by atoms with Gasteiger partial charge in [0.2, 0.25) is 0 Å². The summed E-state index contributed by atoms with van der Waals surface area (Å²) in [7, 11) is 3.19. The van der Waals surface area contributed by atoms with Crippen molar-refractivity contribution in [2.75, 3.05) is 19.5 Å². The smallest absolute Gasteiger partial charge is 0.162 e. The summed E-state index contributed by atoms with van der Waals surface area (Å²) < 4.78 is 12.4. The van der Waals surface area contributed by atoms with Crippen molar-refractivity contribution in [1.29, 1.82) is 0 Å². The van der Waals surface area contributed by atoms with Crippen LogP contribution in [0.2, 0.25) is 5.02 Å². The molecule has 0 bridgehead atoms. The minimum absolute atomic E-state index is 0.0842. The number of hydrogen-bond acceptors (Lipinski definition) is 4. The van der Waals surface area contributed by atoms with Gasteiger partial charge in [-0.3, -0.25) is 4.68 Å². The van der Waals surface area contributed by atoms with Gasteiger partial charge in [-0.1, -0.05) is 11.6 Å². The summed E-state index contributed by atoms with van der Waals surface area (Å²) in [6, 6.07) is 3.66. The highest BCUT2D eigenvalue weighted by Crippen LogP contribution is 2.37. The maximum atomic E-state index is 6.28. The standard InChI is InChI=1S/C15H20ClN3O2/c1-5-19-9-11(8-17-19)10(2)18-13-7-15(21-4)14(20-3)6-12(13)16/h6-10,18H,5H2,1-4H3. The number of aryl methyl sites for hydroxylation is 1. The second-order valence-corrected chi connectivity index (χ2v) is 5.09. The Morgan fingerprint density at radius 1 is 1.29 bits per heavy atom. The third-order valence-electron chi connectivity index (χ3n) is 3.32. The molecule has 1 unspecified atom stereocenters. The van der Waals surface area contributed by atoms with Gasteiger partial charge in [0.1, 0.15) is 0 Å².